The number of hydrogen-bond acceptors (Lipinski definition) is 4. The van der Waals surface area contributed by atoms with Crippen LogP contribution in [-0.4, -0.2) is 44.2 Å². The Labute approximate surface area is 119 Å². The fourth-order valence-corrected chi connectivity index (χ4v) is 2.63. The van der Waals surface area contributed by atoms with Gasteiger partial charge < -0.3 is 20.1 Å². The van der Waals surface area contributed by atoms with Crippen LogP contribution in [0.1, 0.15) is 23.7 Å². The van der Waals surface area contributed by atoms with Gasteiger partial charge in [0, 0.05) is 19.1 Å². The molecule has 2 atom stereocenters. The number of benzene rings is 1. The van der Waals surface area contributed by atoms with Gasteiger partial charge in [-0.2, -0.15) is 0 Å². The van der Waals surface area contributed by atoms with Crippen LogP contribution in [0.15, 0.2) is 18.2 Å². The van der Waals surface area contributed by atoms with Crippen molar-refractivity contribution in [1.82, 2.24) is 4.90 Å². The van der Waals surface area contributed by atoms with E-state index in [0.29, 0.717) is 29.5 Å². The highest BCUT2D eigenvalue weighted by atomic mass is 16.5. The second-order valence-corrected chi connectivity index (χ2v) is 5.20. The summed E-state index contributed by atoms with van der Waals surface area (Å²) in [6, 6.07) is 5.46. The van der Waals surface area contributed by atoms with Gasteiger partial charge in [-0.05, 0) is 31.4 Å². The van der Waals surface area contributed by atoms with Gasteiger partial charge in [-0.3, -0.25) is 4.79 Å². The zero-order chi connectivity index (χ0) is 14.7. The molecule has 5 heteroatoms. The minimum atomic E-state index is -0.0242. The second kappa shape index (κ2) is 6.13. The Kier molecular flexibility index (Phi) is 4.49. The van der Waals surface area contributed by atoms with E-state index in [0.717, 1.165) is 13.0 Å². The molecule has 1 aliphatic heterocycles. The molecule has 1 saturated heterocycles. The topological polar surface area (TPSA) is 64.8 Å². The molecule has 1 aliphatic rings. The summed E-state index contributed by atoms with van der Waals surface area (Å²) in [5, 5.41) is 0. The van der Waals surface area contributed by atoms with E-state index in [4.69, 9.17) is 15.2 Å². The first kappa shape index (κ1) is 14.7. The maximum absolute atomic E-state index is 12.6. The number of likely N-dealkylation sites (tertiary alicyclic amines) is 1. The van der Waals surface area contributed by atoms with Crippen LogP contribution in [0.3, 0.4) is 0 Å². The van der Waals surface area contributed by atoms with E-state index in [9.17, 15) is 4.79 Å². The van der Waals surface area contributed by atoms with Crippen LogP contribution in [0.4, 0.5) is 0 Å². The van der Waals surface area contributed by atoms with Crippen molar-refractivity contribution in [1.29, 1.82) is 0 Å². The molecule has 20 heavy (non-hydrogen) atoms. The molecule has 0 bridgehead atoms. The van der Waals surface area contributed by atoms with Crippen molar-refractivity contribution >= 4 is 5.91 Å². The molecule has 0 radical (unpaired) electrons. The molecule has 2 unspecified atom stereocenters. The van der Waals surface area contributed by atoms with Crippen molar-refractivity contribution in [2.24, 2.45) is 11.7 Å². The van der Waals surface area contributed by atoms with Gasteiger partial charge >= 0.3 is 0 Å². The number of nitrogens with two attached hydrogens (primary N) is 1. The zero-order valence-corrected chi connectivity index (χ0v) is 12.3. The number of methoxy groups -OCH3 is 2. The molecule has 1 fully saturated rings. The summed E-state index contributed by atoms with van der Waals surface area (Å²) >= 11 is 0. The van der Waals surface area contributed by atoms with E-state index in [1.165, 1.54) is 0 Å². The lowest BCUT2D eigenvalue weighted by Gasteiger charge is -2.20. The number of amides is 1. The minimum absolute atomic E-state index is 0.0242. The molecule has 1 aromatic rings. The lowest BCUT2D eigenvalue weighted by molar-refractivity contribution is 0.0782. The van der Waals surface area contributed by atoms with Crippen molar-refractivity contribution in [3.05, 3.63) is 23.8 Å². The van der Waals surface area contributed by atoms with E-state index < -0.39 is 0 Å². The highest BCUT2D eigenvalue weighted by Gasteiger charge is 2.30. The molecular formula is C15H22N2O3. The maximum atomic E-state index is 12.6. The van der Waals surface area contributed by atoms with Gasteiger partial charge in [0.05, 0.1) is 19.8 Å². The fourth-order valence-electron chi connectivity index (χ4n) is 2.63. The number of rotatable bonds is 4. The molecule has 2 rings (SSSR count). The smallest absolute Gasteiger partial charge is 0.257 e. The predicted octanol–water partition coefficient (Wildman–Crippen LogP) is 1.51. The third kappa shape index (κ3) is 2.72. The van der Waals surface area contributed by atoms with Gasteiger partial charge in [-0.25, -0.2) is 0 Å². The normalized spacial score (nSPS) is 19.8. The minimum Gasteiger partial charge on any atom is -0.493 e. The zero-order valence-electron chi connectivity index (χ0n) is 12.3. The van der Waals surface area contributed by atoms with Gasteiger partial charge in [-0.1, -0.05) is 6.07 Å². The van der Waals surface area contributed by atoms with Gasteiger partial charge in [-0.15, -0.1) is 0 Å². The molecule has 110 valence electrons. The molecule has 0 aromatic heterocycles. The fraction of sp³-hybridized carbons (Fsp3) is 0.533. The number of ether oxygens (including phenoxy) is 2. The first-order chi connectivity index (χ1) is 9.58. The first-order valence-electron chi connectivity index (χ1n) is 6.84. The second-order valence-electron chi connectivity index (χ2n) is 5.20. The molecule has 2 N–H and O–H groups in total. The van der Waals surface area contributed by atoms with Crippen molar-refractivity contribution < 1.29 is 14.3 Å². The third-order valence-corrected chi connectivity index (χ3v) is 3.89. The maximum Gasteiger partial charge on any atom is 0.257 e. The molecule has 1 aromatic carbocycles. The van der Waals surface area contributed by atoms with Gasteiger partial charge in [0.1, 0.15) is 0 Å². The number of carbonyl (C=O) groups excluding carboxylic acids is 1. The summed E-state index contributed by atoms with van der Waals surface area (Å²) in [5.41, 5.74) is 6.46. The Balaban J connectivity index is 2.22. The summed E-state index contributed by atoms with van der Waals surface area (Å²) in [4.78, 5) is 14.5. The van der Waals surface area contributed by atoms with Crippen LogP contribution in [0, 0.1) is 5.92 Å². The quantitative estimate of drug-likeness (QED) is 0.906. The van der Waals surface area contributed by atoms with Crippen LogP contribution in [0.2, 0.25) is 0 Å². The molecule has 1 heterocycles. The van der Waals surface area contributed by atoms with Crippen LogP contribution in [0.5, 0.6) is 11.5 Å². The first-order valence-corrected chi connectivity index (χ1v) is 6.84. The van der Waals surface area contributed by atoms with E-state index in [1.807, 2.05) is 11.8 Å². The Bertz CT molecular complexity index is 488. The van der Waals surface area contributed by atoms with Crippen LogP contribution < -0.4 is 15.2 Å². The summed E-state index contributed by atoms with van der Waals surface area (Å²) < 4.78 is 10.6. The largest absolute Gasteiger partial charge is 0.493 e. The summed E-state index contributed by atoms with van der Waals surface area (Å²) in [7, 11) is 3.11. The average Bonchev–Trinajstić information content (AvgIpc) is 2.95. The Morgan fingerprint density at radius 3 is 2.70 bits per heavy atom. The number of hydrogen-bond donors (Lipinski definition) is 1. The van der Waals surface area contributed by atoms with Crippen LogP contribution in [0.25, 0.3) is 0 Å². The molecular weight excluding hydrogens is 256 g/mol. The Hall–Kier alpha value is -1.75. The van der Waals surface area contributed by atoms with Crippen molar-refractivity contribution in [2.75, 3.05) is 27.3 Å². The van der Waals surface area contributed by atoms with E-state index in [1.54, 1.807) is 32.4 Å². The van der Waals surface area contributed by atoms with Crippen molar-refractivity contribution in [3.8, 4) is 11.5 Å². The van der Waals surface area contributed by atoms with Crippen molar-refractivity contribution in [3.63, 3.8) is 0 Å². The Morgan fingerprint density at radius 1 is 1.40 bits per heavy atom. The third-order valence-electron chi connectivity index (χ3n) is 3.89. The molecule has 0 spiro atoms. The molecule has 1 amide bonds. The average molecular weight is 278 g/mol. The number of carbonyl (C=O) groups is 1. The van der Waals surface area contributed by atoms with Crippen LogP contribution in [-0.2, 0) is 0 Å². The SMILES string of the molecule is COc1cccc(C(=O)N2CCC(C(C)N)C2)c1OC. The molecule has 0 saturated carbocycles. The summed E-state index contributed by atoms with van der Waals surface area (Å²) in [5.74, 6) is 1.41. The highest BCUT2D eigenvalue weighted by molar-refractivity contribution is 5.98. The van der Waals surface area contributed by atoms with E-state index >= 15 is 0 Å². The lowest BCUT2D eigenvalue weighted by Crippen LogP contribution is -2.33. The predicted molar refractivity (Wildman–Crippen MR) is 77.2 cm³/mol. The number of nitrogens with zero attached hydrogens (tertiary/aromatic N) is 1. The number of para-hydroxylation sites is 1. The summed E-state index contributed by atoms with van der Waals surface area (Å²) in [6.45, 7) is 3.44. The van der Waals surface area contributed by atoms with Gasteiger partial charge in [0.25, 0.3) is 5.91 Å². The molecule has 0 aliphatic carbocycles. The van der Waals surface area contributed by atoms with Crippen LogP contribution >= 0.6 is 0 Å². The monoisotopic (exact) mass is 278 g/mol. The van der Waals surface area contributed by atoms with E-state index in [2.05, 4.69) is 0 Å². The van der Waals surface area contributed by atoms with Gasteiger partial charge in [0.2, 0.25) is 0 Å². The van der Waals surface area contributed by atoms with Gasteiger partial charge in [0.15, 0.2) is 11.5 Å². The molecule has 5 nitrogen and oxygen atoms in total. The Morgan fingerprint density at radius 2 is 2.15 bits per heavy atom. The van der Waals surface area contributed by atoms with Crippen molar-refractivity contribution in [2.45, 2.75) is 19.4 Å². The standard InChI is InChI=1S/C15H22N2O3/c1-10(16)11-7-8-17(9-11)15(18)12-5-4-6-13(19-2)14(12)20-3/h4-6,10-11H,7-9,16H2,1-3H3. The highest BCUT2D eigenvalue weighted by Crippen LogP contribution is 2.32. The summed E-state index contributed by atoms with van der Waals surface area (Å²) in [6.07, 6.45) is 0.954. The lowest BCUT2D eigenvalue weighted by atomic mass is 10.0. The van der Waals surface area contributed by atoms with E-state index in [-0.39, 0.29) is 11.9 Å².